The number of amides is 1. The number of methoxy groups -OCH3 is 1. The van der Waals surface area contributed by atoms with E-state index in [1.54, 1.807) is 10.9 Å². The maximum Gasteiger partial charge on any atom is 0.360 e. The summed E-state index contributed by atoms with van der Waals surface area (Å²) >= 11 is 4.88. The summed E-state index contributed by atoms with van der Waals surface area (Å²) < 4.78 is 7.54. The van der Waals surface area contributed by atoms with Gasteiger partial charge in [-0.25, -0.2) is 4.79 Å². The number of anilines is 1. The average molecular weight is 550 g/mol. The third-order valence-electron chi connectivity index (χ3n) is 5.28. The molecule has 3 aromatic carbocycles. The molecule has 1 atom stereocenters. The highest BCUT2D eigenvalue weighted by Crippen LogP contribution is 2.37. The van der Waals surface area contributed by atoms with Gasteiger partial charge in [0.1, 0.15) is 5.25 Å². The van der Waals surface area contributed by atoms with Crippen molar-refractivity contribution in [2.75, 3.05) is 12.4 Å². The normalized spacial score (nSPS) is 11.6. The molecule has 0 bridgehead atoms. The lowest BCUT2D eigenvalue weighted by molar-refractivity contribution is -0.115. The van der Waals surface area contributed by atoms with E-state index in [1.165, 1.54) is 18.9 Å². The summed E-state index contributed by atoms with van der Waals surface area (Å²) in [5, 5.41) is 6.78. The molecule has 0 aliphatic carbocycles. The largest absolute Gasteiger partial charge is 0.464 e. The zero-order chi connectivity index (χ0) is 24.6. The van der Waals surface area contributed by atoms with Crippen LogP contribution in [-0.2, 0) is 22.5 Å². The first-order valence-corrected chi connectivity index (χ1v) is 12.7. The van der Waals surface area contributed by atoms with Crippen molar-refractivity contribution in [2.45, 2.75) is 23.1 Å². The third-order valence-corrected chi connectivity index (χ3v) is 7.07. The fourth-order valence-corrected chi connectivity index (χ4v) is 4.80. The number of ether oxygens (including phenoxy) is 1. The summed E-state index contributed by atoms with van der Waals surface area (Å²) in [5.41, 5.74) is 2.42. The highest BCUT2D eigenvalue weighted by molar-refractivity contribution is 9.10. The predicted octanol–water partition coefficient (Wildman–Crippen LogP) is 6.15. The topological polar surface area (TPSA) is 73.2 Å². The van der Waals surface area contributed by atoms with E-state index in [2.05, 4.69) is 26.3 Å². The molecule has 0 spiro atoms. The minimum atomic E-state index is -0.601. The van der Waals surface area contributed by atoms with Crippen molar-refractivity contribution >= 4 is 45.3 Å². The lowest BCUT2D eigenvalue weighted by Gasteiger charge is -2.17. The monoisotopic (exact) mass is 549 g/mol. The second-order valence-corrected chi connectivity index (χ2v) is 9.83. The summed E-state index contributed by atoms with van der Waals surface area (Å²) in [6, 6.07) is 27.4. The number of halogens is 1. The van der Waals surface area contributed by atoms with Gasteiger partial charge in [-0.3, -0.25) is 9.48 Å². The number of benzene rings is 3. The van der Waals surface area contributed by atoms with Crippen molar-refractivity contribution in [3.05, 3.63) is 112 Å². The summed E-state index contributed by atoms with van der Waals surface area (Å²) in [4.78, 5) is 26.9. The molecule has 1 unspecified atom stereocenters. The lowest BCUT2D eigenvalue weighted by atomic mass is 10.1. The molecule has 178 valence electrons. The van der Waals surface area contributed by atoms with Gasteiger partial charge >= 0.3 is 5.97 Å². The van der Waals surface area contributed by atoms with Gasteiger partial charge in [0.15, 0.2) is 5.69 Å². The fraction of sp³-hybridized carbons (Fsp3) is 0.148. The summed E-state index contributed by atoms with van der Waals surface area (Å²) in [6.45, 7) is 0.555. The van der Waals surface area contributed by atoms with Gasteiger partial charge in [0.2, 0.25) is 5.91 Å². The molecule has 1 N–H and O–H groups in total. The van der Waals surface area contributed by atoms with Crippen LogP contribution in [0.1, 0.15) is 26.9 Å². The van der Waals surface area contributed by atoms with Gasteiger partial charge < -0.3 is 10.1 Å². The van der Waals surface area contributed by atoms with Crippen LogP contribution < -0.4 is 5.32 Å². The molecule has 1 amide bonds. The molecule has 8 heteroatoms. The number of nitrogens with zero attached hydrogens (tertiary/aromatic N) is 2. The Kier molecular flexibility index (Phi) is 8.39. The predicted molar refractivity (Wildman–Crippen MR) is 142 cm³/mol. The van der Waals surface area contributed by atoms with Crippen LogP contribution in [-0.4, -0.2) is 28.8 Å². The Hall–Kier alpha value is -3.36. The van der Waals surface area contributed by atoms with E-state index >= 15 is 0 Å². The van der Waals surface area contributed by atoms with E-state index in [-0.39, 0.29) is 11.6 Å². The number of carbonyl (C=O) groups excluding carboxylic acids is 2. The average Bonchev–Trinajstić information content (AvgIpc) is 3.30. The first-order valence-electron chi connectivity index (χ1n) is 11.0. The van der Waals surface area contributed by atoms with Gasteiger partial charge in [-0.05, 0) is 41.8 Å². The van der Waals surface area contributed by atoms with E-state index in [0.717, 1.165) is 26.9 Å². The number of hydrogen-bond acceptors (Lipinski definition) is 5. The van der Waals surface area contributed by atoms with E-state index in [1.807, 2.05) is 84.9 Å². The van der Waals surface area contributed by atoms with Crippen LogP contribution in [0.2, 0.25) is 0 Å². The Morgan fingerprint density at radius 1 is 1.00 bits per heavy atom. The second-order valence-electron chi connectivity index (χ2n) is 7.73. The molecule has 0 fully saturated rings. The van der Waals surface area contributed by atoms with Crippen molar-refractivity contribution in [2.24, 2.45) is 0 Å². The molecule has 0 saturated heterocycles. The Morgan fingerprint density at radius 2 is 1.66 bits per heavy atom. The molecule has 1 heterocycles. The van der Waals surface area contributed by atoms with E-state index in [4.69, 9.17) is 4.74 Å². The quantitative estimate of drug-likeness (QED) is 0.200. The number of esters is 1. The Bertz CT molecular complexity index is 1280. The van der Waals surface area contributed by atoms with Crippen LogP contribution >= 0.6 is 27.7 Å². The van der Waals surface area contributed by atoms with Crippen molar-refractivity contribution in [3.63, 3.8) is 0 Å². The van der Waals surface area contributed by atoms with Crippen molar-refractivity contribution < 1.29 is 14.3 Å². The van der Waals surface area contributed by atoms with E-state index < -0.39 is 11.2 Å². The minimum absolute atomic E-state index is 0.0781. The number of carbonyl (C=O) groups is 2. The number of aryl methyl sites for hydroxylation is 2. The third kappa shape index (κ3) is 6.61. The van der Waals surface area contributed by atoms with Crippen LogP contribution in [0.3, 0.4) is 0 Å². The maximum atomic E-state index is 13.5. The molecule has 1 aromatic heterocycles. The summed E-state index contributed by atoms with van der Waals surface area (Å²) in [6.07, 6.45) is 2.42. The molecular formula is C27H24BrN3O3S. The van der Waals surface area contributed by atoms with Crippen LogP contribution in [0, 0.1) is 0 Å². The van der Waals surface area contributed by atoms with Crippen LogP contribution in [0.25, 0.3) is 0 Å². The van der Waals surface area contributed by atoms with Gasteiger partial charge in [-0.1, -0.05) is 76.6 Å². The van der Waals surface area contributed by atoms with Crippen molar-refractivity contribution in [1.82, 2.24) is 9.78 Å². The Labute approximate surface area is 216 Å². The first kappa shape index (κ1) is 24.8. The number of hydrogen-bond donors (Lipinski definition) is 1. The minimum Gasteiger partial charge on any atom is -0.464 e. The van der Waals surface area contributed by atoms with Crippen molar-refractivity contribution in [1.29, 1.82) is 0 Å². The Balaban J connectivity index is 1.57. The van der Waals surface area contributed by atoms with Crippen LogP contribution in [0.15, 0.2) is 100 Å². The smallest absolute Gasteiger partial charge is 0.360 e. The molecule has 6 nitrogen and oxygen atoms in total. The van der Waals surface area contributed by atoms with Crippen LogP contribution in [0.5, 0.6) is 0 Å². The molecule has 4 aromatic rings. The first-order chi connectivity index (χ1) is 17.0. The van der Waals surface area contributed by atoms with E-state index in [0.29, 0.717) is 12.2 Å². The van der Waals surface area contributed by atoms with Crippen molar-refractivity contribution in [3.8, 4) is 0 Å². The highest BCUT2D eigenvalue weighted by Gasteiger charge is 2.26. The lowest BCUT2D eigenvalue weighted by Crippen LogP contribution is -2.20. The molecule has 35 heavy (non-hydrogen) atoms. The fourth-order valence-electron chi connectivity index (χ4n) is 3.51. The zero-order valence-corrected chi connectivity index (χ0v) is 21.5. The SMILES string of the molecule is COC(=O)c1nn(CCc2ccccc2)cc1NC(=O)C(Sc1ccc(Br)cc1)c1ccccc1. The molecule has 4 rings (SSSR count). The summed E-state index contributed by atoms with van der Waals surface area (Å²) in [7, 11) is 1.30. The van der Waals surface area contributed by atoms with Gasteiger partial charge in [0.05, 0.1) is 12.8 Å². The van der Waals surface area contributed by atoms with Gasteiger partial charge in [0.25, 0.3) is 0 Å². The molecule has 0 radical (unpaired) electrons. The number of thioether (sulfide) groups is 1. The molecule has 0 saturated carbocycles. The number of nitrogens with one attached hydrogen (secondary N) is 1. The van der Waals surface area contributed by atoms with Gasteiger partial charge in [0, 0.05) is 22.1 Å². The highest BCUT2D eigenvalue weighted by atomic mass is 79.9. The molecular weight excluding hydrogens is 526 g/mol. The van der Waals surface area contributed by atoms with Crippen LogP contribution in [0.4, 0.5) is 5.69 Å². The van der Waals surface area contributed by atoms with Gasteiger partial charge in [-0.2, -0.15) is 5.10 Å². The number of aromatic nitrogens is 2. The molecule has 0 aliphatic heterocycles. The summed E-state index contributed by atoms with van der Waals surface area (Å²) in [5.74, 6) is -0.854. The van der Waals surface area contributed by atoms with E-state index in [9.17, 15) is 9.59 Å². The Morgan fingerprint density at radius 3 is 2.31 bits per heavy atom. The zero-order valence-electron chi connectivity index (χ0n) is 19.1. The maximum absolute atomic E-state index is 13.5. The van der Waals surface area contributed by atoms with Gasteiger partial charge in [-0.15, -0.1) is 11.8 Å². The standard InChI is InChI=1S/C27H24BrN3O3S/c1-34-27(33)24-23(18-31(30-24)17-16-19-8-4-2-5-9-19)29-26(32)25(20-10-6-3-7-11-20)35-22-14-12-21(28)13-15-22/h2-15,18,25H,16-17H2,1H3,(H,29,32). The second kappa shape index (κ2) is 11.9. The number of rotatable bonds is 9. The molecule has 0 aliphatic rings.